The normalized spacial score (nSPS) is 18.9. The summed E-state index contributed by atoms with van der Waals surface area (Å²) in [6.45, 7) is 1.68. The Morgan fingerprint density at radius 3 is 2.67 bits per heavy atom. The van der Waals surface area contributed by atoms with E-state index in [9.17, 15) is 9.90 Å². The molecule has 24 heavy (non-hydrogen) atoms. The van der Waals surface area contributed by atoms with Gasteiger partial charge in [-0.3, -0.25) is 4.79 Å². The van der Waals surface area contributed by atoms with E-state index < -0.39 is 0 Å². The van der Waals surface area contributed by atoms with Gasteiger partial charge in [0.1, 0.15) is 13.2 Å². The van der Waals surface area contributed by atoms with Crippen LogP contribution in [0.4, 0.5) is 0 Å². The minimum Gasteiger partial charge on any atom is -0.486 e. The highest BCUT2D eigenvalue weighted by atomic mass is 16.6. The van der Waals surface area contributed by atoms with Gasteiger partial charge in [0.05, 0.1) is 0 Å². The lowest BCUT2D eigenvalue weighted by atomic mass is 9.83. The van der Waals surface area contributed by atoms with E-state index in [1.807, 2.05) is 0 Å². The van der Waals surface area contributed by atoms with E-state index in [0.29, 0.717) is 42.7 Å². The molecular formula is C19H27NO4. The van der Waals surface area contributed by atoms with E-state index in [-0.39, 0.29) is 18.4 Å². The Hall–Kier alpha value is -1.75. The minimum absolute atomic E-state index is 0.123. The van der Waals surface area contributed by atoms with Crippen molar-refractivity contribution in [2.24, 2.45) is 11.8 Å². The highest BCUT2D eigenvalue weighted by Crippen LogP contribution is 2.31. The van der Waals surface area contributed by atoms with Gasteiger partial charge in [-0.05, 0) is 36.5 Å². The molecule has 1 heterocycles. The third-order valence-electron chi connectivity index (χ3n) is 5.01. The number of rotatable bonds is 6. The van der Waals surface area contributed by atoms with Crippen LogP contribution in [0.25, 0.3) is 0 Å². The molecule has 0 saturated heterocycles. The van der Waals surface area contributed by atoms with Crippen molar-refractivity contribution < 1.29 is 19.4 Å². The lowest BCUT2D eigenvalue weighted by Crippen LogP contribution is -2.32. The maximum atomic E-state index is 12.4. The molecule has 132 valence electrons. The van der Waals surface area contributed by atoms with Crippen LogP contribution in [-0.2, 0) is 0 Å². The zero-order valence-electron chi connectivity index (χ0n) is 14.1. The van der Waals surface area contributed by atoms with E-state index in [2.05, 4.69) is 5.32 Å². The Kier molecular flexibility index (Phi) is 5.96. The summed E-state index contributed by atoms with van der Waals surface area (Å²) in [5, 5.41) is 12.6. The Bertz CT molecular complexity index is 554. The van der Waals surface area contributed by atoms with Crippen molar-refractivity contribution in [3.63, 3.8) is 0 Å². The van der Waals surface area contributed by atoms with Crippen LogP contribution in [0.3, 0.4) is 0 Å². The Balaban J connectivity index is 1.51. The first-order valence-electron chi connectivity index (χ1n) is 9.05. The number of fused-ring (bicyclic) bond motifs is 1. The molecule has 1 saturated carbocycles. The molecule has 1 aliphatic carbocycles. The van der Waals surface area contributed by atoms with Crippen molar-refractivity contribution in [1.29, 1.82) is 0 Å². The van der Waals surface area contributed by atoms with Crippen molar-refractivity contribution in [2.45, 2.75) is 38.5 Å². The molecule has 2 aliphatic rings. The fraction of sp³-hybridized carbons (Fsp3) is 0.632. The predicted octanol–water partition coefficient (Wildman–Crippen LogP) is 2.77. The highest BCUT2D eigenvalue weighted by Gasteiger charge is 2.20. The largest absolute Gasteiger partial charge is 0.486 e. The van der Waals surface area contributed by atoms with Crippen LogP contribution in [0.2, 0.25) is 0 Å². The van der Waals surface area contributed by atoms with Gasteiger partial charge >= 0.3 is 0 Å². The van der Waals surface area contributed by atoms with Gasteiger partial charge in [0.25, 0.3) is 5.91 Å². The van der Waals surface area contributed by atoms with Crippen LogP contribution in [0.15, 0.2) is 18.2 Å². The van der Waals surface area contributed by atoms with E-state index in [4.69, 9.17) is 9.47 Å². The fourth-order valence-corrected chi connectivity index (χ4v) is 3.64. The Morgan fingerprint density at radius 2 is 1.92 bits per heavy atom. The van der Waals surface area contributed by atoms with Gasteiger partial charge < -0.3 is 19.9 Å². The first-order valence-corrected chi connectivity index (χ1v) is 9.05. The first kappa shape index (κ1) is 17.1. The molecule has 1 aromatic carbocycles. The van der Waals surface area contributed by atoms with Gasteiger partial charge in [-0.15, -0.1) is 0 Å². The van der Waals surface area contributed by atoms with Crippen LogP contribution < -0.4 is 14.8 Å². The third kappa shape index (κ3) is 4.41. The van der Waals surface area contributed by atoms with Crippen molar-refractivity contribution in [3.05, 3.63) is 23.8 Å². The molecule has 0 spiro atoms. The van der Waals surface area contributed by atoms with Gasteiger partial charge in [-0.25, -0.2) is 0 Å². The van der Waals surface area contributed by atoms with Crippen LogP contribution in [-0.4, -0.2) is 37.4 Å². The smallest absolute Gasteiger partial charge is 0.251 e. The SMILES string of the molecule is O=C(NC[C@@H](CO)CC1CCCCC1)c1ccc2c(c1)OCCO2. The lowest BCUT2D eigenvalue weighted by molar-refractivity contribution is 0.0931. The standard InChI is InChI=1S/C19H27NO4/c21-13-15(10-14-4-2-1-3-5-14)12-20-19(22)16-6-7-17-18(11-16)24-9-8-23-17/h6-7,11,14-15,21H,1-5,8-10,12-13H2,(H,20,22)/t15-/m0/s1. The summed E-state index contributed by atoms with van der Waals surface area (Å²) in [6, 6.07) is 5.24. The number of benzene rings is 1. The zero-order chi connectivity index (χ0) is 16.8. The number of aliphatic hydroxyl groups excluding tert-OH is 1. The highest BCUT2D eigenvalue weighted by molar-refractivity contribution is 5.94. The van der Waals surface area contributed by atoms with E-state index in [0.717, 1.165) is 6.42 Å². The summed E-state index contributed by atoms with van der Waals surface area (Å²) in [7, 11) is 0. The Labute approximate surface area is 143 Å². The maximum absolute atomic E-state index is 12.4. The molecule has 5 heteroatoms. The third-order valence-corrected chi connectivity index (χ3v) is 5.01. The second-order valence-electron chi connectivity index (χ2n) is 6.86. The molecule has 1 aliphatic heterocycles. The summed E-state index contributed by atoms with van der Waals surface area (Å²) in [6.07, 6.45) is 7.44. The van der Waals surface area contributed by atoms with E-state index >= 15 is 0 Å². The summed E-state index contributed by atoms with van der Waals surface area (Å²) in [5.74, 6) is 2.00. The van der Waals surface area contributed by atoms with Crippen LogP contribution in [0, 0.1) is 11.8 Å². The summed E-state index contributed by atoms with van der Waals surface area (Å²) >= 11 is 0. The lowest BCUT2D eigenvalue weighted by Gasteiger charge is -2.25. The molecular weight excluding hydrogens is 306 g/mol. The molecule has 0 bridgehead atoms. The van der Waals surface area contributed by atoms with Crippen molar-refractivity contribution >= 4 is 5.91 Å². The monoisotopic (exact) mass is 333 g/mol. The number of carbonyl (C=O) groups is 1. The minimum atomic E-state index is -0.130. The summed E-state index contributed by atoms with van der Waals surface area (Å²) in [4.78, 5) is 12.4. The first-order chi connectivity index (χ1) is 11.8. The maximum Gasteiger partial charge on any atom is 0.251 e. The molecule has 1 aromatic rings. The number of amides is 1. The topological polar surface area (TPSA) is 67.8 Å². The van der Waals surface area contributed by atoms with Gasteiger partial charge in [0.2, 0.25) is 0 Å². The van der Waals surface area contributed by atoms with Gasteiger partial charge in [-0.1, -0.05) is 32.1 Å². The van der Waals surface area contributed by atoms with Crippen molar-refractivity contribution in [3.8, 4) is 11.5 Å². The van der Waals surface area contributed by atoms with E-state index in [1.54, 1.807) is 18.2 Å². The van der Waals surface area contributed by atoms with Crippen molar-refractivity contribution in [2.75, 3.05) is 26.4 Å². The average molecular weight is 333 g/mol. The molecule has 0 aromatic heterocycles. The molecule has 0 radical (unpaired) electrons. The molecule has 2 N–H and O–H groups in total. The number of ether oxygens (including phenoxy) is 2. The van der Waals surface area contributed by atoms with Crippen LogP contribution >= 0.6 is 0 Å². The van der Waals surface area contributed by atoms with Gasteiger partial charge in [-0.2, -0.15) is 0 Å². The number of hydrogen-bond acceptors (Lipinski definition) is 4. The predicted molar refractivity (Wildman–Crippen MR) is 91.5 cm³/mol. The van der Waals surface area contributed by atoms with Crippen LogP contribution in [0.5, 0.6) is 11.5 Å². The molecule has 0 unspecified atom stereocenters. The summed E-state index contributed by atoms with van der Waals surface area (Å²) in [5.41, 5.74) is 0.564. The van der Waals surface area contributed by atoms with Gasteiger partial charge in [0, 0.05) is 18.7 Å². The second kappa shape index (κ2) is 8.38. The summed E-state index contributed by atoms with van der Waals surface area (Å²) < 4.78 is 11.0. The zero-order valence-corrected chi connectivity index (χ0v) is 14.1. The number of nitrogens with one attached hydrogen (secondary N) is 1. The van der Waals surface area contributed by atoms with Crippen molar-refractivity contribution in [1.82, 2.24) is 5.32 Å². The number of hydrogen-bond donors (Lipinski definition) is 2. The quantitative estimate of drug-likeness (QED) is 0.840. The Morgan fingerprint density at radius 1 is 1.17 bits per heavy atom. The molecule has 1 amide bonds. The van der Waals surface area contributed by atoms with Crippen LogP contribution in [0.1, 0.15) is 48.9 Å². The molecule has 1 atom stereocenters. The molecule has 5 nitrogen and oxygen atoms in total. The fourth-order valence-electron chi connectivity index (χ4n) is 3.64. The second-order valence-corrected chi connectivity index (χ2v) is 6.86. The number of carbonyl (C=O) groups excluding carboxylic acids is 1. The molecule has 3 rings (SSSR count). The van der Waals surface area contributed by atoms with E-state index in [1.165, 1.54) is 32.1 Å². The average Bonchev–Trinajstić information content (AvgIpc) is 2.65. The number of aliphatic hydroxyl groups is 1. The molecule has 1 fully saturated rings. The van der Waals surface area contributed by atoms with Gasteiger partial charge in [0.15, 0.2) is 11.5 Å².